The van der Waals surface area contributed by atoms with Gasteiger partial charge in [-0.05, 0) is 25.7 Å². The Morgan fingerprint density at radius 3 is 2.12 bits per heavy atom. The lowest BCUT2D eigenvalue weighted by Crippen LogP contribution is -2.43. The molecule has 2 fully saturated rings. The maximum absolute atomic E-state index is 9.16. The predicted octanol–water partition coefficient (Wildman–Crippen LogP) is 3.38. The molecule has 90 valence electrons. The van der Waals surface area contributed by atoms with E-state index >= 15 is 0 Å². The van der Waals surface area contributed by atoms with Crippen LogP contribution in [0.1, 0.15) is 64.2 Å². The van der Waals surface area contributed by atoms with Crippen LogP contribution < -0.4 is 5.32 Å². The molecule has 0 aromatic heterocycles. The zero-order valence-corrected chi connectivity index (χ0v) is 10.3. The second-order valence-corrected chi connectivity index (χ2v) is 5.48. The molecule has 16 heavy (non-hydrogen) atoms. The van der Waals surface area contributed by atoms with Gasteiger partial charge >= 0.3 is 0 Å². The Morgan fingerprint density at radius 2 is 1.44 bits per heavy atom. The molecule has 0 aromatic carbocycles. The van der Waals surface area contributed by atoms with Crippen molar-refractivity contribution in [3.05, 3.63) is 0 Å². The first-order valence-corrected chi connectivity index (χ1v) is 7.06. The largest absolute Gasteiger partial charge is 0.310 e. The van der Waals surface area contributed by atoms with Gasteiger partial charge in [-0.2, -0.15) is 5.26 Å². The van der Waals surface area contributed by atoms with Gasteiger partial charge in [0.15, 0.2) is 0 Å². The van der Waals surface area contributed by atoms with Gasteiger partial charge in [0.05, 0.1) is 12.0 Å². The zero-order chi connectivity index (χ0) is 11.2. The van der Waals surface area contributed by atoms with Crippen LogP contribution in [0.4, 0.5) is 0 Å². The van der Waals surface area contributed by atoms with E-state index in [0.717, 1.165) is 6.42 Å². The molecular formula is C14H24N2. The number of hydrogen-bond donors (Lipinski definition) is 1. The summed E-state index contributed by atoms with van der Waals surface area (Å²) in [6.07, 6.45) is 13.1. The van der Waals surface area contributed by atoms with Gasteiger partial charge in [0.25, 0.3) is 0 Å². The molecule has 2 atom stereocenters. The van der Waals surface area contributed by atoms with Crippen LogP contribution in [0, 0.1) is 17.2 Å². The topological polar surface area (TPSA) is 35.8 Å². The van der Waals surface area contributed by atoms with Crippen molar-refractivity contribution in [3.63, 3.8) is 0 Å². The van der Waals surface area contributed by atoms with Gasteiger partial charge in [-0.1, -0.05) is 38.5 Å². The first-order valence-electron chi connectivity index (χ1n) is 7.06. The molecule has 2 nitrogen and oxygen atoms in total. The molecule has 2 aliphatic carbocycles. The maximum Gasteiger partial charge on any atom is 0.0672 e. The minimum atomic E-state index is 0.275. The molecule has 0 radical (unpaired) electrons. The highest BCUT2D eigenvalue weighted by Crippen LogP contribution is 2.26. The quantitative estimate of drug-likeness (QED) is 0.724. The molecule has 0 aliphatic heterocycles. The summed E-state index contributed by atoms with van der Waals surface area (Å²) >= 11 is 0. The monoisotopic (exact) mass is 220 g/mol. The summed E-state index contributed by atoms with van der Waals surface area (Å²) in [7, 11) is 0. The normalized spacial score (nSPS) is 32.9. The summed E-state index contributed by atoms with van der Waals surface area (Å²) in [6, 6.07) is 3.68. The van der Waals surface area contributed by atoms with Crippen molar-refractivity contribution in [2.75, 3.05) is 0 Å². The van der Waals surface area contributed by atoms with Crippen LogP contribution in [0.25, 0.3) is 0 Å². The van der Waals surface area contributed by atoms with Gasteiger partial charge in [-0.15, -0.1) is 0 Å². The van der Waals surface area contributed by atoms with Gasteiger partial charge in [0.2, 0.25) is 0 Å². The Kier molecular flexibility index (Phi) is 4.66. The number of rotatable bonds is 2. The van der Waals surface area contributed by atoms with E-state index in [1.54, 1.807) is 0 Å². The molecule has 0 saturated heterocycles. The molecule has 0 spiro atoms. The smallest absolute Gasteiger partial charge is 0.0672 e. The minimum Gasteiger partial charge on any atom is -0.310 e. The highest BCUT2D eigenvalue weighted by molar-refractivity contribution is 4.95. The molecule has 2 rings (SSSR count). The average Bonchev–Trinajstić information content (AvgIpc) is 2.58. The molecule has 1 N–H and O–H groups in total. The van der Waals surface area contributed by atoms with Crippen molar-refractivity contribution < 1.29 is 0 Å². The van der Waals surface area contributed by atoms with Crippen molar-refractivity contribution >= 4 is 0 Å². The Morgan fingerprint density at radius 1 is 0.812 bits per heavy atom. The van der Waals surface area contributed by atoms with E-state index in [1.807, 2.05) is 0 Å². The SMILES string of the molecule is N#CC1CCCCC1NC1CCCCCC1. The average molecular weight is 220 g/mol. The van der Waals surface area contributed by atoms with E-state index in [9.17, 15) is 0 Å². The standard InChI is InChI=1S/C14H24N2/c15-11-12-7-5-6-10-14(12)16-13-8-3-1-2-4-9-13/h12-14,16H,1-10H2. The van der Waals surface area contributed by atoms with E-state index in [4.69, 9.17) is 5.26 Å². The van der Waals surface area contributed by atoms with E-state index in [0.29, 0.717) is 12.1 Å². The molecule has 0 amide bonds. The Balaban J connectivity index is 1.84. The summed E-state index contributed by atoms with van der Waals surface area (Å²) in [5, 5.41) is 12.9. The van der Waals surface area contributed by atoms with Crippen LogP contribution in [0.15, 0.2) is 0 Å². The van der Waals surface area contributed by atoms with Crippen molar-refractivity contribution in [3.8, 4) is 6.07 Å². The third-order valence-electron chi connectivity index (χ3n) is 4.24. The second-order valence-electron chi connectivity index (χ2n) is 5.48. The second kappa shape index (κ2) is 6.25. The number of nitrogens with one attached hydrogen (secondary N) is 1. The first-order chi connectivity index (χ1) is 7.90. The van der Waals surface area contributed by atoms with Crippen LogP contribution in [-0.2, 0) is 0 Å². The van der Waals surface area contributed by atoms with Gasteiger partial charge in [0.1, 0.15) is 0 Å². The van der Waals surface area contributed by atoms with Gasteiger partial charge in [0, 0.05) is 12.1 Å². The Labute approximate surface area is 99.4 Å². The minimum absolute atomic E-state index is 0.275. The fourth-order valence-electron chi connectivity index (χ4n) is 3.23. The molecule has 2 unspecified atom stereocenters. The molecule has 2 heteroatoms. The summed E-state index contributed by atoms with van der Waals surface area (Å²) < 4.78 is 0. The lowest BCUT2D eigenvalue weighted by molar-refractivity contribution is 0.274. The van der Waals surface area contributed by atoms with Crippen molar-refractivity contribution in [1.29, 1.82) is 5.26 Å². The number of nitriles is 1. The third kappa shape index (κ3) is 3.22. The van der Waals surface area contributed by atoms with Crippen molar-refractivity contribution in [1.82, 2.24) is 5.32 Å². The molecule has 0 heterocycles. The highest BCUT2D eigenvalue weighted by atomic mass is 15.0. The fraction of sp³-hybridized carbons (Fsp3) is 0.929. The third-order valence-corrected chi connectivity index (χ3v) is 4.24. The van der Waals surface area contributed by atoms with Crippen LogP contribution in [0.3, 0.4) is 0 Å². The summed E-state index contributed by atoms with van der Waals surface area (Å²) in [4.78, 5) is 0. The van der Waals surface area contributed by atoms with Gasteiger partial charge in [-0.3, -0.25) is 0 Å². The molecule has 0 aromatic rings. The van der Waals surface area contributed by atoms with Crippen LogP contribution in [-0.4, -0.2) is 12.1 Å². The van der Waals surface area contributed by atoms with E-state index in [-0.39, 0.29) is 5.92 Å². The molecule has 2 saturated carbocycles. The van der Waals surface area contributed by atoms with Crippen molar-refractivity contribution in [2.24, 2.45) is 5.92 Å². The van der Waals surface area contributed by atoms with E-state index in [2.05, 4.69) is 11.4 Å². The van der Waals surface area contributed by atoms with Gasteiger partial charge < -0.3 is 5.32 Å². The first kappa shape index (κ1) is 11.9. The van der Waals surface area contributed by atoms with Crippen LogP contribution >= 0.6 is 0 Å². The molecular weight excluding hydrogens is 196 g/mol. The van der Waals surface area contributed by atoms with Crippen LogP contribution in [0.2, 0.25) is 0 Å². The zero-order valence-electron chi connectivity index (χ0n) is 10.3. The summed E-state index contributed by atoms with van der Waals surface area (Å²) in [5.74, 6) is 0.275. The lowest BCUT2D eigenvalue weighted by Gasteiger charge is -2.31. The molecule has 2 aliphatic rings. The Hall–Kier alpha value is -0.550. The van der Waals surface area contributed by atoms with Crippen LogP contribution in [0.5, 0.6) is 0 Å². The Bertz CT molecular complexity index is 236. The predicted molar refractivity (Wildman–Crippen MR) is 66.0 cm³/mol. The van der Waals surface area contributed by atoms with E-state index < -0.39 is 0 Å². The lowest BCUT2D eigenvalue weighted by atomic mass is 9.85. The number of nitrogens with zero attached hydrogens (tertiary/aromatic N) is 1. The van der Waals surface area contributed by atoms with E-state index in [1.165, 1.54) is 57.8 Å². The summed E-state index contributed by atoms with van der Waals surface area (Å²) in [6.45, 7) is 0. The highest BCUT2D eigenvalue weighted by Gasteiger charge is 2.26. The number of hydrogen-bond acceptors (Lipinski definition) is 2. The molecule has 0 bridgehead atoms. The fourth-order valence-corrected chi connectivity index (χ4v) is 3.23. The maximum atomic E-state index is 9.16. The van der Waals surface area contributed by atoms with Crippen molar-refractivity contribution in [2.45, 2.75) is 76.3 Å². The summed E-state index contributed by atoms with van der Waals surface area (Å²) in [5.41, 5.74) is 0. The van der Waals surface area contributed by atoms with Gasteiger partial charge in [-0.25, -0.2) is 0 Å².